The summed E-state index contributed by atoms with van der Waals surface area (Å²) in [6, 6.07) is 2.15. The molecule has 6 nitrogen and oxygen atoms in total. The molecule has 0 spiro atoms. The highest BCUT2D eigenvalue weighted by Gasteiger charge is 2.38. The summed E-state index contributed by atoms with van der Waals surface area (Å²) < 4.78 is 0. The van der Waals surface area contributed by atoms with Gasteiger partial charge in [0.15, 0.2) is 5.72 Å². The van der Waals surface area contributed by atoms with Crippen molar-refractivity contribution in [3.63, 3.8) is 0 Å². The molecule has 0 saturated heterocycles. The third-order valence-electron chi connectivity index (χ3n) is 4.31. The van der Waals surface area contributed by atoms with Gasteiger partial charge in [-0.2, -0.15) is 5.26 Å². The van der Waals surface area contributed by atoms with Gasteiger partial charge in [0, 0.05) is 19.3 Å². The van der Waals surface area contributed by atoms with E-state index in [1.165, 1.54) is 12.8 Å². The summed E-state index contributed by atoms with van der Waals surface area (Å²) in [5.41, 5.74) is 0.974. The van der Waals surface area contributed by atoms with E-state index in [9.17, 15) is 10.4 Å². The number of hydrogen-bond acceptors (Lipinski definition) is 6. The number of rotatable bonds is 6. The minimum Gasteiger partial charge on any atom is -0.372 e. The predicted octanol–water partition coefficient (Wildman–Crippen LogP) is 3.02. The fourth-order valence-corrected chi connectivity index (χ4v) is 3.04. The number of hydrogen-bond donors (Lipinski definition) is 2. The Bertz CT molecular complexity index is 645. The number of aromatic nitrogens is 1. The molecule has 0 aliphatic carbocycles. The molecule has 1 atom stereocenters. The van der Waals surface area contributed by atoms with Gasteiger partial charge in [0.1, 0.15) is 17.5 Å². The molecule has 124 valence electrons. The first kappa shape index (κ1) is 17.2. The third kappa shape index (κ3) is 3.15. The predicted molar refractivity (Wildman–Crippen MR) is 91.8 cm³/mol. The van der Waals surface area contributed by atoms with Crippen LogP contribution in [0.1, 0.15) is 56.4 Å². The zero-order valence-corrected chi connectivity index (χ0v) is 14.3. The first-order chi connectivity index (χ1) is 11.0. The Balaban J connectivity index is 2.39. The maximum atomic E-state index is 11.1. The van der Waals surface area contributed by atoms with Crippen LogP contribution < -0.4 is 5.32 Å². The molecule has 0 amide bonds. The van der Waals surface area contributed by atoms with Gasteiger partial charge >= 0.3 is 0 Å². The van der Waals surface area contributed by atoms with Crippen molar-refractivity contribution in [1.29, 1.82) is 5.26 Å². The molecule has 0 saturated carbocycles. The van der Waals surface area contributed by atoms with Crippen molar-refractivity contribution < 1.29 is 5.11 Å². The van der Waals surface area contributed by atoms with Gasteiger partial charge in [-0.3, -0.25) is 0 Å². The minimum absolute atomic E-state index is 0.371. The topological polar surface area (TPSA) is 84.5 Å². The SMILES string of the molecule is CCCCCCN1C=Nc2c(C#N)c(NC)nc(C)c2C1(C)O. The normalized spacial score (nSPS) is 19.4. The molecule has 6 heteroatoms. The van der Waals surface area contributed by atoms with E-state index in [0.717, 1.165) is 19.4 Å². The molecule has 1 aromatic heterocycles. The summed E-state index contributed by atoms with van der Waals surface area (Å²) in [5, 5.41) is 23.4. The van der Waals surface area contributed by atoms with Crippen molar-refractivity contribution in [1.82, 2.24) is 9.88 Å². The molecule has 1 aliphatic rings. The number of anilines is 1. The van der Waals surface area contributed by atoms with Crippen LogP contribution in [0.3, 0.4) is 0 Å². The van der Waals surface area contributed by atoms with Crippen LogP contribution >= 0.6 is 0 Å². The number of pyridine rings is 1. The van der Waals surface area contributed by atoms with Gasteiger partial charge < -0.3 is 15.3 Å². The Morgan fingerprint density at radius 3 is 2.74 bits per heavy atom. The summed E-state index contributed by atoms with van der Waals surface area (Å²) in [5.74, 6) is 0.494. The molecule has 0 aromatic carbocycles. The first-order valence-electron chi connectivity index (χ1n) is 8.13. The highest BCUT2D eigenvalue weighted by molar-refractivity contribution is 5.78. The van der Waals surface area contributed by atoms with Gasteiger partial charge in [-0.15, -0.1) is 0 Å². The average Bonchev–Trinajstić information content (AvgIpc) is 2.52. The fourth-order valence-electron chi connectivity index (χ4n) is 3.04. The van der Waals surface area contributed by atoms with Crippen LogP contribution in [0.5, 0.6) is 0 Å². The second-order valence-corrected chi connectivity index (χ2v) is 6.03. The van der Waals surface area contributed by atoms with Crippen LogP contribution in [-0.2, 0) is 5.72 Å². The number of nitrogens with one attached hydrogen (secondary N) is 1. The number of aliphatic hydroxyl groups is 1. The molecule has 0 bridgehead atoms. The van der Waals surface area contributed by atoms with E-state index >= 15 is 0 Å². The number of fused-ring (bicyclic) bond motifs is 1. The van der Waals surface area contributed by atoms with E-state index in [-0.39, 0.29) is 0 Å². The summed E-state index contributed by atoms with van der Waals surface area (Å²) in [6.07, 6.45) is 6.14. The van der Waals surface area contributed by atoms with E-state index < -0.39 is 5.72 Å². The zero-order chi connectivity index (χ0) is 17.0. The summed E-state index contributed by atoms with van der Waals surface area (Å²) >= 11 is 0. The van der Waals surface area contributed by atoms with E-state index in [1.54, 1.807) is 20.3 Å². The van der Waals surface area contributed by atoms with Crippen LogP contribution in [0.25, 0.3) is 0 Å². The van der Waals surface area contributed by atoms with Gasteiger partial charge in [0.25, 0.3) is 0 Å². The van der Waals surface area contributed by atoms with Crippen LogP contribution in [-0.4, -0.2) is 34.9 Å². The molecule has 2 rings (SSSR count). The quantitative estimate of drug-likeness (QED) is 0.788. The lowest BCUT2D eigenvalue weighted by molar-refractivity contribution is -0.0593. The Labute approximate surface area is 137 Å². The van der Waals surface area contributed by atoms with Crippen molar-refractivity contribution in [3.8, 4) is 6.07 Å². The van der Waals surface area contributed by atoms with Crippen molar-refractivity contribution in [2.75, 3.05) is 18.9 Å². The number of unbranched alkanes of at least 4 members (excludes halogenated alkanes) is 3. The maximum Gasteiger partial charge on any atom is 0.166 e. The third-order valence-corrected chi connectivity index (χ3v) is 4.31. The molecule has 2 heterocycles. The lowest BCUT2D eigenvalue weighted by atomic mass is 9.95. The highest BCUT2D eigenvalue weighted by atomic mass is 16.3. The largest absolute Gasteiger partial charge is 0.372 e. The lowest BCUT2D eigenvalue weighted by Gasteiger charge is -2.40. The van der Waals surface area contributed by atoms with E-state index in [2.05, 4.69) is 28.3 Å². The molecule has 0 radical (unpaired) electrons. The average molecular weight is 315 g/mol. The van der Waals surface area contributed by atoms with Crippen molar-refractivity contribution in [2.45, 2.75) is 52.2 Å². The van der Waals surface area contributed by atoms with Gasteiger partial charge in [-0.25, -0.2) is 9.98 Å². The molecule has 1 unspecified atom stereocenters. The molecule has 1 aliphatic heterocycles. The Morgan fingerprint density at radius 2 is 2.13 bits per heavy atom. The van der Waals surface area contributed by atoms with E-state index in [1.807, 2.05) is 11.8 Å². The first-order valence-corrected chi connectivity index (χ1v) is 8.13. The Morgan fingerprint density at radius 1 is 1.39 bits per heavy atom. The minimum atomic E-state index is -1.21. The standard InChI is InChI=1S/C17H25N5O/c1-5-6-7-8-9-22-11-20-15-13(10-18)16(19-4)21-12(2)14(15)17(22,3)23/h11,23H,5-9H2,1-4H3,(H,19,21). The van der Waals surface area contributed by atoms with E-state index in [0.29, 0.717) is 28.3 Å². The van der Waals surface area contributed by atoms with Gasteiger partial charge in [0.2, 0.25) is 0 Å². The number of nitriles is 1. The number of aliphatic imine (C=N–C) groups is 1. The zero-order valence-electron chi connectivity index (χ0n) is 14.3. The fraction of sp³-hybridized carbons (Fsp3) is 0.588. The van der Waals surface area contributed by atoms with Gasteiger partial charge in [-0.05, 0) is 20.3 Å². The molecule has 1 aromatic rings. The summed E-state index contributed by atoms with van der Waals surface area (Å²) in [4.78, 5) is 10.7. The number of aryl methyl sites for hydroxylation is 1. The van der Waals surface area contributed by atoms with Gasteiger partial charge in [0.05, 0.1) is 17.6 Å². The Hall–Kier alpha value is -2.13. The molecular formula is C17H25N5O. The van der Waals surface area contributed by atoms with E-state index in [4.69, 9.17) is 0 Å². The van der Waals surface area contributed by atoms with Crippen LogP contribution in [0.15, 0.2) is 4.99 Å². The molecular weight excluding hydrogens is 290 g/mol. The summed E-state index contributed by atoms with van der Waals surface area (Å²) in [6.45, 7) is 6.48. The highest BCUT2D eigenvalue weighted by Crippen LogP contribution is 2.41. The molecule has 23 heavy (non-hydrogen) atoms. The van der Waals surface area contributed by atoms with Crippen LogP contribution in [0.4, 0.5) is 11.5 Å². The smallest absolute Gasteiger partial charge is 0.166 e. The Kier molecular flexibility index (Phi) is 5.22. The van der Waals surface area contributed by atoms with Crippen molar-refractivity contribution in [3.05, 3.63) is 16.8 Å². The van der Waals surface area contributed by atoms with Crippen LogP contribution in [0.2, 0.25) is 0 Å². The second-order valence-electron chi connectivity index (χ2n) is 6.03. The van der Waals surface area contributed by atoms with Gasteiger partial charge in [-0.1, -0.05) is 26.2 Å². The monoisotopic (exact) mass is 315 g/mol. The molecule has 2 N–H and O–H groups in total. The lowest BCUT2D eigenvalue weighted by Crippen LogP contribution is -2.46. The maximum absolute atomic E-state index is 11.1. The second kappa shape index (κ2) is 6.97. The van der Waals surface area contributed by atoms with Crippen molar-refractivity contribution in [2.24, 2.45) is 4.99 Å². The van der Waals surface area contributed by atoms with Crippen LogP contribution in [0, 0.1) is 18.3 Å². The summed E-state index contributed by atoms with van der Waals surface area (Å²) in [7, 11) is 1.72. The van der Waals surface area contributed by atoms with Crippen molar-refractivity contribution >= 4 is 17.8 Å². The molecule has 0 fully saturated rings. The number of nitrogens with zero attached hydrogens (tertiary/aromatic N) is 4.